The molecule has 1 saturated heterocycles. The van der Waals surface area contributed by atoms with Crippen molar-refractivity contribution in [2.24, 2.45) is 5.92 Å². The SMILES string of the molecule is C[C@H](c1ccccc1)N1C[C@@H](C(=O)OCC(=O)NC2(C#N)CCCCC2)CC1=O. The average molecular weight is 397 g/mol. The summed E-state index contributed by atoms with van der Waals surface area (Å²) in [6.07, 6.45) is 4.17. The van der Waals surface area contributed by atoms with Gasteiger partial charge in [0.2, 0.25) is 5.91 Å². The monoisotopic (exact) mass is 397 g/mol. The molecule has 1 aromatic rings. The molecule has 1 heterocycles. The van der Waals surface area contributed by atoms with Gasteiger partial charge >= 0.3 is 5.97 Å². The van der Waals surface area contributed by atoms with Crippen LogP contribution in [0, 0.1) is 17.2 Å². The van der Waals surface area contributed by atoms with Gasteiger partial charge in [0.1, 0.15) is 5.54 Å². The van der Waals surface area contributed by atoms with Gasteiger partial charge in [-0.3, -0.25) is 14.4 Å². The van der Waals surface area contributed by atoms with Crippen molar-refractivity contribution in [2.75, 3.05) is 13.2 Å². The summed E-state index contributed by atoms with van der Waals surface area (Å²) >= 11 is 0. The highest BCUT2D eigenvalue weighted by molar-refractivity contribution is 5.88. The largest absolute Gasteiger partial charge is 0.455 e. The molecule has 1 saturated carbocycles. The summed E-state index contributed by atoms with van der Waals surface area (Å²) < 4.78 is 5.16. The highest BCUT2D eigenvalue weighted by Gasteiger charge is 2.38. The topological polar surface area (TPSA) is 99.5 Å². The maximum atomic E-state index is 12.4. The highest BCUT2D eigenvalue weighted by Crippen LogP contribution is 2.29. The third-order valence-corrected chi connectivity index (χ3v) is 5.89. The van der Waals surface area contributed by atoms with E-state index in [0.29, 0.717) is 12.8 Å². The summed E-state index contributed by atoms with van der Waals surface area (Å²) in [6.45, 7) is 1.78. The third kappa shape index (κ3) is 4.94. The summed E-state index contributed by atoms with van der Waals surface area (Å²) in [5.41, 5.74) is 0.149. The molecule has 154 valence electrons. The number of hydrogen-bond acceptors (Lipinski definition) is 5. The van der Waals surface area contributed by atoms with E-state index in [-0.39, 0.29) is 24.9 Å². The molecule has 7 heteroatoms. The molecule has 0 aromatic heterocycles. The van der Waals surface area contributed by atoms with Crippen LogP contribution in [0.1, 0.15) is 57.1 Å². The van der Waals surface area contributed by atoms with Crippen LogP contribution in [-0.4, -0.2) is 41.4 Å². The van der Waals surface area contributed by atoms with E-state index >= 15 is 0 Å². The fourth-order valence-electron chi connectivity index (χ4n) is 4.15. The van der Waals surface area contributed by atoms with Gasteiger partial charge in [0, 0.05) is 13.0 Å². The summed E-state index contributed by atoms with van der Waals surface area (Å²) in [5.74, 6) is -1.70. The average Bonchev–Trinajstić information content (AvgIpc) is 3.14. The zero-order chi connectivity index (χ0) is 20.9. The van der Waals surface area contributed by atoms with E-state index in [4.69, 9.17) is 4.74 Å². The van der Waals surface area contributed by atoms with E-state index in [1.807, 2.05) is 37.3 Å². The van der Waals surface area contributed by atoms with Crippen molar-refractivity contribution in [1.82, 2.24) is 10.2 Å². The van der Waals surface area contributed by atoms with Crippen LogP contribution in [0.15, 0.2) is 30.3 Å². The van der Waals surface area contributed by atoms with Crippen LogP contribution in [0.2, 0.25) is 0 Å². The van der Waals surface area contributed by atoms with Crippen molar-refractivity contribution in [2.45, 2.75) is 57.0 Å². The van der Waals surface area contributed by atoms with Gasteiger partial charge in [-0.2, -0.15) is 5.26 Å². The number of carbonyl (C=O) groups is 3. The van der Waals surface area contributed by atoms with E-state index in [1.165, 1.54) is 0 Å². The molecule has 7 nitrogen and oxygen atoms in total. The number of hydrogen-bond donors (Lipinski definition) is 1. The number of amides is 2. The van der Waals surface area contributed by atoms with Crippen LogP contribution in [0.5, 0.6) is 0 Å². The van der Waals surface area contributed by atoms with E-state index in [9.17, 15) is 19.6 Å². The Hall–Kier alpha value is -2.88. The number of rotatable bonds is 6. The smallest absolute Gasteiger partial charge is 0.311 e. The molecule has 2 aliphatic rings. The normalized spacial score (nSPS) is 21.9. The van der Waals surface area contributed by atoms with Crippen molar-refractivity contribution in [3.8, 4) is 6.07 Å². The molecular formula is C22H27N3O4. The fourth-order valence-corrected chi connectivity index (χ4v) is 4.15. The maximum Gasteiger partial charge on any atom is 0.311 e. The highest BCUT2D eigenvalue weighted by atomic mass is 16.5. The number of carbonyl (C=O) groups excluding carboxylic acids is 3. The Morgan fingerprint density at radius 3 is 2.62 bits per heavy atom. The van der Waals surface area contributed by atoms with Crippen LogP contribution in [0.4, 0.5) is 0 Å². The molecule has 0 radical (unpaired) electrons. The van der Waals surface area contributed by atoms with Crippen molar-refractivity contribution < 1.29 is 19.1 Å². The lowest BCUT2D eigenvalue weighted by Gasteiger charge is -2.31. The lowest BCUT2D eigenvalue weighted by Crippen LogP contribution is -2.50. The van der Waals surface area contributed by atoms with Gasteiger partial charge in [0.05, 0.1) is 18.0 Å². The number of nitrogens with one attached hydrogen (secondary N) is 1. The molecule has 1 aromatic carbocycles. The van der Waals surface area contributed by atoms with Crippen molar-refractivity contribution in [3.05, 3.63) is 35.9 Å². The second-order valence-electron chi connectivity index (χ2n) is 7.94. The quantitative estimate of drug-likeness (QED) is 0.744. The van der Waals surface area contributed by atoms with Gasteiger partial charge in [-0.05, 0) is 25.3 Å². The van der Waals surface area contributed by atoms with E-state index < -0.39 is 29.9 Å². The number of likely N-dealkylation sites (tertiary alicyclic amines) is 1. The van der Waals surface area contributed by atoms with Gasteiger partial charge in [-0.1, -0.05) is 49.6 Å². The first-order chi connectivity index (χ1) is 13.9. The number of esters is 1. The summed E-state index contributed by atoms with van der Waals surface area (Å²) in [5, 5.41) is 12.2. The molecule has 0 bridgehead atoms. The Morgan fingerprint density at radius 1 is 1.28 bits per heavy atom. The molecule has 2 atom stereocenters. The minimum absolute atomic E-state index is 0.0831. The van der Waals surface area contributed by atoms with Gasteiger partial charge < -0.3 is 15.0 Å². The molecule has 29 heavy (non-hydrogen) atoms. The Balaban J connectivity index is 1.50. The molecule has 2 fully saturated rings. The Morgan fingerprint density at radius 2 is 1.97 bits per heavy atom. The number of nitrogens with zero attached hydrogens (tertiary/aromatic N) is 2. The third-order valence-electron chi connectivity index (χ3n) is 5.89. The zero-order valence-electron chi connectivity index (χ0n) is 16.7. The Bertz CT molecular complexity index is 796. The summed E-state index contributed by atoms with van der Waals surface area (Å²) in [7, 11) is 0. The van der Waals surface area contributed by atoms with Gasteiger partial charge in [0.15, 0.2) is 6.61 Å². The van der Waals surface area contributed by atoms with E-state index in [0.717, 1.165) is 24.8 Å². The second-order valence-corrected chi connectivity index (χ2v) is 7.94. The maximum absolute atomic E-state index is 12.4. The molecular weight excluding hydrogens is 370 g/mol. The van der Waals surface area contributed by atoms with Gasteiger partial charge in [-0.15, -0.1) is 0 Å². The molecule has 3 rings (SSSR count). The second kappa shape index (κ2) is 9.08. The van der Waals surface area contributed by atoms with Crippen LogP contribution >= 0.6 is 0 Å². The minimum atomic E-state index is -0.854. The Labute approximate surface area is 171 Å². The molecule has 2 amide bonds. The van der Waals surface area contributed by atoms with E-state index in [2.05, 4.69) is 11.4 Å². The van der Waals surface area contributed by atoms with Crippen LogP contribution < -0.4 is 5.32 Å². The predicted molar refractivity (Wildman–Crippen MR) is 105 cm³/mol. The molecule has 1 N–H and O–H groups in total. The lowest BCUT2D eigenvalue weighted by atomic mass is 9.83. The van der Waals surface area contributed by atoms with Crippen LogP contribution in [-0.2, 0) is 19.1 Å². The lowest BCUT2D eigenvalue weighted by molar-refractivity contribution is -0.152. The molecule has 0 unspecified atom stereocenters. The first-order valence-corrected chi connectivity index (χ1v) is 10.2. The number of ether oxygens (including phenoxy) is 1. The zero-order valence-corrected chi connectivity index (χ0v) is 16.7. The first-order valence-electron chi connectivity index (χ1n) is 10.2. The molecule has 0 spiro atoms. The fraction of sp³-hybridized carbons (Fsp3) is 0.545. The Kier molecular flexibility index (Phi) is 6.53. The van der Waals surface area contributed by atoms with Crippen molar-refractivity contribution >= 4 is 17.8 Å². The van der Waals surface area contributed by atoms with Crippen LogP contribution in [0.25, 0.3) is 0 Å². The standard InChI is InChI=1S/C22H27N3O4/c1-16(17-8-4-2-5-9-17)25-13-18(12-20(25)27)21(28)29-14-19(26)24-22(15-23)10-6-3-7-11-22/h2,4-5,8-9,16,18H,3,6-7,10-14H2,1H3,(H,24,26)/t16-,18+/m1/s1. The van der Waals surface area contributed by atoms with Gasteiger partial charge in [-0.25, -0.2) is 0 Å². The molecule has 1 aliphatic carbocycles. The van der Waals surface area contributed by atoms with Crippen LogP contribution in [0.3, 0.4) is 0 Å². The first kappa shape index (κ1) is 20.8. The predicted octanol–water partition coefficient (Wildman–Crippen LogP) is 2.48. The van der Waals surface area contributed by atoms with Crippen molar-refractivity contribution in [3.63, 3.8) is 0 Å². The number of benzene rings is 1. The van der Waals surface area contributed by atoms with Crippen molar-refractivity contribution in [1.29, 1.82) is 5.26 Å². The summed E-state index contributed by atoms with van der Waals surface area (Å²) in [4.78, 5) is 38.7. The molecule has 1 aliphatic heterocycles. The summed E-state index contributed by atoms with van der Waals surface area (Å²) in [6, 6.07) is 11.7. The minimum Gasteiger partial charge on any atom is -0.455 e. The van der Waals surface area contributed by atoms with E-state index in [1.54, 1.807) is 4.90 Å². The number of nitriles is 1. The van der Waals surface area contributed by atoms with Gasteiger partial charge in [0.25, 0.3) is 5.91 Å².